The number of carbonyl (C=O) groups excluding carboxylic acids is 4. The highest BCUT2D eigenvalue weighted by molar-refractivity contribution is 6.21. The van der Waals surface area contributed by atoms with Gasteiger partial charge < -0.3 is 5.32 Å². The van der Waals surface area contributed by atoms with Crippen LogP contribution in [0, 0.1) is 0 Å². The molecule has 0 saturated carbocycles. The van der Waals surface area contributed by atoms with Gasteiger partial charge in [0.1, 0.15) is 11.0 Å². The van der Waals surface area contributed by atoms with Crippen LogP contribution >= 0.6 is 0 Å². The zero-order valence-electron chi connectivity index (χ0n) is 15.8. The van der Waals surface area contributed by atoms with Crippen LogP contribution in [-0.2, 0) is 4.79 Å². The molecule has 0 radical (unpaired) electrons. The predicted octanol–water partition coefficient (Wildman–Crippen LogP) is 0.629. The third-order valence-electron chi connectivity index (χ3n) is 4.54. The number of carbonyl (C=O) groups is 4. The molecule has 1 aliphatic heterocycles. The van der Waals surface area contributed by atoms with Crippen LogP contribution in [0.15, 0.2) is 48.5 Å². The molecule has 0 unspecified atom stereocenters. The number of hydrogen-bond donors (Lipinski definition) is 1. The lowest BCUT2D eigenvalue weighted by Gasteiger charge is -2.28. The van der Waals surface area contributed by atoms with Gasteiger partial charge in [0, 0.05) is 13.5 Å². The molecule has 0 aliphatic carbocycles. The zero-order chi connectivity index (χ0) is 21.3. The normalized spacial score (nSPS) is 12.8. The van der Waals surface area contributed by atoms with E-state index in [2.05, 4.69) is 15.6 Å². The van der Waals surface area contributed by atoms with Gasteiger partial charge in [-0.2, -0.15) is 5.01 Å². The average Bonchev–Trinajstić information content (AvgIpc) is 3.28. The maximum absolute atomic E-state index is 12.9. The van der Waals surface area contributed by atoms with Crippen LogP contribution in [0.4, 0.5) is 4.79 Å². The fourth-order valence-electron chi connectivity index (χ4n) is 3.04. The molecule has 11 nitrogen and oxygen atoms in total. The highest BCUT2D eigenvalue weighted by Crippen LogP contribution is 2.24. The molecule has 2 heterocycles. The van der Waals surface area contributed by atoms with Gasteiger partial charge in [-0.1, -0.05) is 29.1 Å². The maximum Gasteiger partial charge on any atom is 0.455 e. The standard InChI is InChI=1S/C19H16N6O5/c1-20-16(26)10-11-23(24-17(27)12-6-2-3-7-13(12)18(24)28)19(29)30-25-15-9-5-4-8-14(15)21-22-25/h2-9H,10-11H2,1H3,(H,20,26). The molecule has 3 aromatic rings. The Bertz CT molecular complexity index is 1140. The van der Waals surface area contributed by atoms with E-state index >= 15 is 0 Å². The first-order valence-electron chi connectivity index (χ1n) is 9.00. The summed E-state index contributed by atoms with van der Waals surface area (Å²) in [5.74, 6) is -1.75. The molecule has 1 N–H and O–H groups in total. The van der Waals surface area contributed by atoms with Crippen molar-refractivity contribution in [3.05, 3.63) is 59.7 Å². The van der Waals surface area contributed by atoms with E-state index < -0.39 is 17.9 Å². The predicted molar refractivity (Wildman–Crippen MR) is 102 cm³/mol. The van der Waals surface area contributed by atoms with Crippen LogP contribution < -0.4 is 10.2 Å². The van der Waals surface area contributed by atoms with Crippen LogP contribution in [0.3, 0.4) is 0 Å². The Labute approximate surface area is 169 Å². The third-order valence-corrected chi connectivity index (χ3v) is 4.54. The fourth-order valence-corrected chi connectivity index (χ4v) is 3.04. The largest absolute Gasteiger partial charge is 0.455 e. The molecule has 0 saturated heterocycles. The molecule has 2 aromatic carbocycles. The van der Waals surface area contributed by atoms with Gasteiger partial charge in [0.2, 0.25) is 5.91 Å². The van der Waals surface area contributed by atoms with E-state index in [1.54, 1.807) is 36.4 Å². The van der Waals surface area contributed by atoms with Crippen molar-refractivity contribution < 1.29 is 24.0 Å². The lowest BCUT2D eigenvalue weighted by molar-refractivity contribution is -0.121. The molecule has 0 spiro atoms. The zero-order valence-corrected chi connectivity index (χ0v) is 15.8. The number of amides is 4. The van der Waals surface area contributed by atoms with Crippen molar-refractivity contribution in [1.29, 1.82) is 0 Å². The summed E-state index contributed by atoms with van der Waals surface area (Å²) in [6.07, 6.45) is -1.22. The smallest absolute Gasteiger partial charge is 0.359 e. The van der Waals surface area contributed by atoms with Gasteiger partial charge in [-0.3, -0.25) is 19.2 Å². The van der Waals surface area contributed by atoms with Crippen LogP contribution in [-0.4, -0.2) is 62.6 Å². The van der Waals surface area contributed by atoms with Crippen LogP contribution in [0.5, 0.6) is 0 Å². The number of para-hydroxylation sites is 1. The van der Waals surface area contributed by atoms with E-state index in [0.29, 0.717) is 16.0 Å². The van der Waals surface area contributed by atoms with Gasteiger partial charge in [0.05, 0.1) is 17.7 Å². The lowest BCUT2D eigenvalue weighted by atomic mass is 10.1. The van der Waals surface area contributed by atoms with Crippen molar-refractivity contribution in [2.24, 2.45) is 0 Å². The summed E-state index contributed by atoms with van der Waals surface area (Å²) in [6, 6.07) is 13.0. The molecule has 152 valence electrons. The summed E-state index contributed by atoms with van der Waals surface area (Å²) < 4.78 is 0. The van der Waals surface area contributed by atoms with E-state index in [0.717, 1.165) is 9.85 Å². The number of benzene rings is 2. The molecule has 11 heteroatoms. The molecule has 30 heavy (non-hydrogen) atoms. The number of rotatable bonds is 5. The maximum atomic E-state index is 12.9. The second-order valence-corrected chi connectivity index (χ2v) is 6.32. The van der Waals surface area contributed by atoms with E-state index in [1.807, 2.05) is 0 Å². The van der Waals surface area contributed by atoms with Gasteiger partial charge in [0.25, 0.3) is 11.8 Å². The molecule has 1 aliphatic rings. The fraction of sp³-hybridized carbons (Fsp3) is 0.158. The van der Waals surface area contributed by atoms with Crippen molar-refractivity contribution in [2.75, 3.05) is 13.6 Å². The van der Waals surface area contributed by atoms with E-state index in [1.165, 1.54) is 19.2 Å². The first-order valence-corrected chi connectivity index (χ1v) is 9.00. The van der Waals surface area contributed by atoms with Crippen LogP contribution in [0.2, 0.25) is 0 Å². The van der Waals surface area contributed by atoms with E-state index in [9.17, 15) is 19.2 Å². The second kappa shape index (κ2) is 7.62. The Morgan fingerprint density at radius 2 is 1.67 bits per heavy atom. The first kappa shape index (κ1) is 19.1. The van der Waals surface area contributed by atoms with Crippen molar-refractivity contribution >= 4 is 34.8 Å². The van der Waals surface area contributed by atoms with Crippen molar-refractivity contribution in [2.45, 2.75) is 6.42 Å². The van der Waals surface area contributed by atoms with Gasteiger partial charge in [-0.15, -0.1) is 5.10 Å². The SMILES string of the molecule is CNC(=O)CCN(C(=O)On1nnc2ccccc21)N1C(=O)c2ccccc2C1=O. The highest BCUT2D eigenvalue weighted by atomic mass is 16.7. The molecule has 0 atom stereocenters. The Morgan fingerprint density at radius 1 is 1.03 bits per heavy atom. The Balaban J connectivity index is 1.64. The minimum atomic E-state index is -1.07. The number of nitrogens with zero attached hydrogens (tertiary/aromatic N) is 5. The average molecular weight is 408 g/mol. The second-order valence-electron chi connectivity index (χ2n) is 6.32. The molecule has 4 amide bonds. The summed E-state index contributed by atoms with van der Waals surface area (Å²) in [7, 11) is 1.44. The number of imide groups is 1. The van der Waals surface area contributed by atoms with Crippen molar-refractivity contribution in [1.82, 2.24) is 30.5 Å². The molecule has 0 fully saturated rings. The molecule has 0 bridgehead atoms. The number of nitrogens with one attached hydrogen (secondary N) is 1. The van der Waals surface area contributed by atoms with E-state index in [4.69, 9.17) is 4.84 Å². The quantitative estimate of drug-likeness (QED) is 0.485. The monoisotopic (exact) mass is 408 g/mol. The van der Waals surface area contributed by atoms with E-state index in [-0.39, 0.29) is 30.0 Å². The minimum absolute atomic E-state index is 0.156. The van der Waals surface area contributed by atoms with Gasteiger partial charge in [0.15, 0.2) is 0 Å². The van der Waals surface area contributed by atoms with Crippen molar-refractivity contribution in [3.63, 3.8) is 0 Å². The van der Waals surface area contributed by atoms with Gasteiger partial charge in [-0.05, 0) is 29.5 Å². The highest BCUT2D eigenvalue weighted by Gasteiger charge is 2.42. The number of hydrogen-bond acceptors (Lipinski definition) is 7. The summed E-state index contributed by atoms with van der Waals surface area (Å²) in [5, 5.41) is 11.5. The first-order chi connectivity index (χ1) is 14.5. The molecule has 1 aromatic heterocycles. The van der Waals surface area contributed by atoms with Gasteiger partial charge in [-0.25, -0.2) is 9.80 Å². The Hall–Kier alpha value is -4.28. The minimum Gasteiger partial charge on any atom is -0.359 e. The number of aromatic nitrogens is 3. The molecular weight excluding hydrogens is 392 g/mol. The lowest BCUT2D eigenvalue weighted by Crippen LogP contribution is -2.53. The van der Waals surface area contributed by atoms with Crippen molar-refractivity contribution in [3.8, 4) is 0 Å². The summed E-state index contributed by atoms with van der Waals surface area (Å²) in [5.41, 5.74) is 1.22. The third kappa shape index (κ3) is 3.21. The summed E-state index contributed by atoms with van der Waals surface area (Å²) in [4.78, 5) is 56.4. The summed E-state index contributed by atoms with van der Waals surface area (Å²) in [6.45, 7) is -0.267. The molecule has 4 rings (SSSR count). The number of fused-ring (bicyclic) bond motifs is 2. The van der Waals surface area contributed by atoms with Crippen LogP contribution in [0.1, 0.15) is 27.1 Å². The Morgan fingerprint density at radius 3 is 2.33 bits per heavy atom. The number of hydrazine groups is 1. The summed E-state index contributed by atoms with van der Waals surface area (Å²) >= 11 is 0. The molecular formula is C19H16N6O5. The van der Waals surface area contributed by atoms with Crippen LogP contribution in [0.25, 0.3) is 11.0 Å². The van der Waals surface area contributed by atoms with Gasteiger partial charge >= 0.3 is 6.09 Å². The Kier molecular flexibility index (Phi) is 4.84. The topological polar surface area (TPSA) is 127 Å².